The van der Waals surface area contributed by atoms with Crippen LogP contribution in [-0.2, 0) is 16.1 Å². The Kier molecular flexibility index (Phi) is 7.47. The van der Waals surface area contributed by atoms with E-state index in [1.165, 1.54) is 5.56 Å². The van der Waals surface area contributed by atoms with E-state index in [-0.39, 0.29) is 12.6 Å². The van der Waals surface area contributed by atoms with E-state index in [0.717, 1.165) is 12.8 Å². The summed E-state index contributed by atoms with van der Waals surface area (Å²) in [7, 11) is 0. The second-order valence-electron chi connectivity index (χ2n) is 5.30. The molecule has 0 aromatic heterocycles. The molecule has 0 radical (unpaired) electrons. The molecule has 0 saturated heterocycles. The molecule has 1 saturated carbocycles. The first-order valence-electron chi connectivity index (χ1n) is 7.06. The average molecular weight is 335 g/mol. The molecule has 2 rings (SSSR count). The summed E-state index contributed by atoms with van der Waals surface area (Å²) in [6.07, 6.45) is -2.80. The molecular formula is C15H20F3NO4. The van der Waals surface area contributed by atoms with Gasteiger partial charge in [0.05, 0.1) is 19.3 Å². The molecule has 0 amide bonds. The van der Waals surface area contributed by atoms with Crippen LogP contribution in [0.25, 0.3) is 0 Å². The zero-order valence-corrected chi connectivity index (χ0v) is 12.4. The van der Waals surface area contributed by atoms with Crippen molar-refractivity contribution >= 4 is 5.97 Å². The van der Waals surface area contributed by atoms with Gasteiger partial charge in [-0.05, 0) is 24.3 Å². The van der Waals surface area contributed by atoms with Crippen LogP contribution in [0.5, 0.6) is 0 Å². The summed E-state index contributed by atoms with van der Waals surface area (Å²) in [6, 6.07) is 10.1. The molecule has 1 fully saturated rings. The fourth-order valence-corrected chi connectivity index (χ4v) is 2.03. The molecular weight excluding hydrogens is 315 g/mol. The van der Waals surface area contributed by atoms with Crippen LogP contribution >= 0.6 is 0 Å². The number of rotatable bonds is 5. The second-order valence-corrected chi connectivity index (χ2v) is 5.30. The predicted molar refractivity (Wildman–Crippen MR) is 76.5 cm³/mol. The van der Waals surface area contributed by atoms with E-state index in [9.17, 15) is 13.2 Å². The number of aliphatic hydroxyl groups is 1. The highest BCUT2D eigenvalue weighted by Crippen LogP contribution is 2.32. The molecule has 1 aliphatic carbocycles. The summed E-state index contributed by atoms with van der Waals surface area (Å²) in [6.45, 7) is 0.753. The smallest absolute Gasteiger partial charge is 0.475 e. The van der Waals surface area contributed by atoms with Gasteiger partial charge in [-0.25, -0.2) is 4.79 Å². The number of alkyl halides is 3. The van der Waals surface area contributed by atoms with Gasteiger partial charge in [-0.2, -0.15) is 13.2 Å². The Bertz CT molecular complexity index is 475. The number of ether oxygens (including phenoxy) is 1. The molecule has 1 unspecified atom stereocenters. The summed E-state index contributed by atoms with van der Waals surface area (Å²) in [5.74, 6) is -2.32. The molecule has 0 bridgehead atoms. The molecule has 130 valence electrons. The molecule has 23 heavy (non-hydrogen) atoms. The van der Waals surface area contributed by atoms with Crippen molar-refractivity contribution in [1.29, 1.82) is 0 Å². The van der Waals surface area contributed by atoms with Crippen molar-refractivity contribution in [3.8, 4) is 0 Å². The lowest BCUT2D eigenvalue weighted by Gasteiger charge is -2.38. The summed E-state index contributed by atoms with van der Waals surface area (Å²) in [5, 5.41) is 16.0. The van der Waals surface area contributed by atoms with Gasteiger partial charge < -0.3 is 20.7 Å². The van der Waals surface area contributed by atoms with Crippen molar-refractivity contribution in [1.82, 2.24) is 0 Å². The first kappa shape index (κ1) is 19.4. The van der Waals surface area contributed by atoms with Gasteiger partial charge in [0, 0.05) is 6.04 Å². The summed E-state index contributed by atoms with van der Waals surface area (Å²) in [5.41, 5.74) is 6.95. The van der Waals surface area contributed by atoms with Crippen LogP contribution in [-0.4, -0.2) is 41.1 Å². The lowest BCUT2D eigenvalue weighted by Crippen LogP contribution is -2.44. The van der Waals surface area contributed by atoms with E-state index in [0.29, 0.717) is 18.6 Å². The van der Waals surface area contributed by atoms with Crippen LogP contribution in [0, 0.1) is 5.92 Å². The maximum absolute atomic E-state index is 10.6. The minimum absolute atomic E-state index is 0.0726. The Balaban J connectivity index is 0.000000322. The summed E-state index contributed by atoms with van der Waals surface area (Å²) < 4.78 is 37.5. The van der Waals surface area contributed by atoms with Crippen LogP contribution in [0.1, 0.15) is 18.4 Å². The number of carbonyl (C=O) groups is 1. The quantitative estimate of drug-likeness (QED) is 0.765. The van der Waals surface area contributed by atoms with Gasteiger partial charge in [0.2, 0.25) is 0 Å². The molecule has 8 heteroatoms. The monoisotopic (exact) mass is 335 g/mol. The van der Waals surface area contributed by atoms with Gasteiger partial charge in [0.15, 0.2) is 0 Å². The van der Waals surface area contributed by atoms with Crippen molar-refractivity contribution in [3.05, 3.63) is 35.9 Å². The van der Waals surface area contributed by atoms with Gasteiger partial charge >= 0.3 is 12.1 Å². The normalized spacial score (nSPS) is 21.6. The van der Waals surface area contributed by atoms with E-state index < -0.39 is 12.1 Å². The molecule has 0 spiro atoms. The maximum Gasteiger partial charge on any atom is 0.490 e. The van der Waals surface area contributed by atoms with E-state index in [4.69, 9.17) is 25.5 Å². The summed E-state index contributed by atoms with van der Waals surface area (Å²) in [4.78, 5) is 8.90. The number of aliphatic carboxylic acids is 1. The fourth-order valence-electron chi connectivity index (χ4n) is 2.03. The molecule has 1 atom stereocenters. The van der Waals surface area contributed by atoms with Crippen molar-refractivity contribution < 1.29 is 32.9 Å². The molecule has 1 aromatic rings. The third-order valence-corrected chi connectivity index (χ3v) is 3.52. The van der Waals surface area contributed by atoms with Gasteiger partial charge in [-0.15, -0.1) is 0 Å². The number of hydrogen-bond donors (Lipinski definition) is 3. The minimum Gasteiger partial charge on any atom is -0.475 e. The Morgan fingerprint density at radius 3 is 2.26 bits per heavy atom. The fraction of sp³-hybridized carbons (Fsp3) is 0.533. The van der Waals surface area contributed by atoms with Gasteiger partial charge in [-0.3, -0.25) is 0 Å². The Hall–Kier alpha value is -1.64. The molecule has 5 nitrogen and oxygen atoms in total. The summed E-state index contributed by atoms with van der Waals surface area (Å²) >= 11 is 0. The maximum atomic E-state index is 10.6. The van der Waals surface area contributed by atoms with Crippen molar-refractivity contribution in [2.75, 3.05) is 6.61 Å². The van der Waals surface area contributed by atoms with Crippen molar-refractivity contribution in [2.45, 2.75) is 37.8 Å². The molecule has 1 aromatic carbocycles. The van der Waals surface area contributed by atoms with E-state index in [2.05, 4.69) is 12.1 Å². The third kappa shape index (κ3) is 6.98. The van der Waals surface area contributed by atoms with Crippen molar-refractivity contribution in [3.63, 3.8) is 0 Å². The number of nitrogens with two attached hydrogens (primary N) is 1. The highest BCUT2D eigenvalue weighted by Gasteiger charge is 2.38. The van der Waals surface area contributed by atoms with Crippen LogP contribution in [0.4, 0.5) is 13.2 Å². The van der Waals surface area contributed by atoms with E-state index in [1.54, 1.807) is 0 Å². The van der Waals surface area contributed by atoms with E-state index in [1.807, 2.05) is 18.2 Å². The Labute approximate surface area is 131 Å². The highest BCUT2D eigenvalue weighted by molar-refractivity contribution is 5.73. The van der Waals surface area contributed by atoms with Crippen LogP contribution in [0.15, 0.2) is 30.3 Å². The number of hydrogen-bond acceptors (Lipinski definition) is 4. The first-order chi connectivity index (χ1) is 10.7. The van der Waals surface area contributed by atoms with Crippen LogP contribution in [0.2, 0.25) is 0 Å². The van der Waals surface area contributed by atoms with Crippen molar-refractivity contribution in [2.24, 2.45) is 11.7 Å². The van der Waals surface area contributed by atoms with Gasteiger partial charge in [0.25, 0.3) is 0 Å². The first-order valence-corrected chi connectivity index (χ1v) is 7.06. The lowest BCUT2D eigenvalue weighted by atomic mass is 9.77. The highest BCUT2D eigenvalue weighted by atomic mass is 19.4. The zero-order chi connectivity index (χ0) is 17.5. The second kappa shape index (κ2) is 8.85. The molecule has 0 aliphatic heterocycles. The zero-order valence-electron chi connectivity index (χ0n) is 12.4. The molecule has 1 aliphatic rings. The third-order valence-electron chi connectivity index (χ3n) is 3.52. The van der Waals surface area contributed by atoms with Crippen LogP contribution < -0.4 is 5.73 Å². The topological polar surface area (TPSA) is 92.8 Å². The Morgan fingerprint density at radius 2 is 1.83 bits per heavy atom. The number of halogens is 3. The standard InChI is InChI=1S/C13H19NO2.C2HF3O2/c14-13(8-15)11-6-12(7-11)16-9-10-4-2-1-3-5-10;3-2(4,5)1(6)7/h1-5,11-13,15H,6-9,14H2;(H,6,7). The molecule has 0 heterocycles. The van der Waals surface area contributed by atoms with Crippen LogP contribution in [0.3, 0.4) is 0 Å². The largest absolute Gasteiger partial charge is 0.490 e. The number of benzene rings is 1. The average Bonchev–Trinajstić information content (AvgIpc) is 2.46. The van der Waals surface area contributed by atoms with Gasteiger partial charge in [0.1, 0.15) is 0 Å². The van der Waals surface area contributed by atoms with E-state index >= 15 is 0 Å². The Morgan fingerprint density at radius 1 is 1.30 bits per heavy atom. The number of aliphatic hydroxyl groups excluding tert-OH is 1. The minimum atomic E-state index is -5.08. The predicted octanol–water partition coefficient (Wildman–Crippen LogP) is 1.93. The molecule has 4 N–H and O–H groups in total. The number of carboxylic acids is 1. The SMILES string of the molecule is NC(CO)C1CC(OCc2ccccc2)C1.O=C(O)C(F)(F)F. The van der Waals surface area contributed by atoms with Gasteiger partial charge in [-0.1, -0.05) is 30.3 Å². The lowest BCUT2D eigenvalue weighted by molar-refractivity contribution is -0.192. The number of carboxylic acid groups (broad SMARTS) is 1.